The molecule has 0 atom stereocenters. The molecule has 0 heterocycles. The maximum Gasteiger partial charge on any atom is 0.0589 e. The number of hydrogen-bond donors (Lipinski definition) is 0. The topological polar surface area (TPSA) is 15.7 Å². The van der Waals surface area contributed by atoms with E-state index in [9.17, 15) is 0 Å². The average molecular weight is 188 g/mol. The van der Waals surface area contributed by atoms with Gasteiger partial charge in [0.1, 0.15) is 0 Å². The van der Waals surface area contributed by atoms with Crippen molar-refractivity contribution in [3.05, 3.63) is 0 Å². The van der Waals surface area contributed by atoms with Gasteiger partial charge >= 0.3 is 0 Å². The zero-order valence-corrected chi connectivity index (χ0v) is 9.71. The minimum atomic E-state index is 0.635. The summed E-state index contributed by atoms with van der Waals surface area (Å²) in [5.74, 6) is 0. The fraction of sp³-hybridized carbons (Fsp3) is 1.00. The van der Waals surface area contributed by atoms with Gasteiger partial charge in [0.05, 0.1) is 6.61 Å². The fourth-order valence-electron chi connectivity index (χ4n) is 0.946. The van der Waals surface area contributed by atoms with Gasteiger partial charge in [-0.1, -0.05) is 0 Å². The summed E-state index contributed by atoms with van der Waals surface area (Å²) in [7, 11) is 6.04. The number of ether oxygens (including phenoxy) is 1. The first-order chi connectivity index (χ1) is 6.07. The maximum atomic E-state index is 5.01. The van der Waals surface area contributed by atoms with Crippen molar-refractivity contribution in [2.24, 2.45) is 0 Å². The van der Waals surface area contributed by atoms with Crippen molar-refractivity contribution in [2.45, 2.75) is 19.9 Å². The van der Waals surface area contributed by atoms with E-state index < -0.39 is 0 Å². The highest BCUT2D eigenvalue weighted by atomic mass is 16.5. The number of nitrogens with zero attached hydrogens (tertiary/aromatic N) is 2. The summed E-state index contributed by atoms with van der Waals surface area (Å²) < 4.78 is 5.01. The van der Waals surface area contributed by atoms with Crippen LogP contribution >= 0.6 is 0 Å². The quantitative estimate of drug-likeness (QED) is 0.590. The smallest absolute Gasteiger partial charge is 0.0589 e. The van der Waals surface area contributed by atoms with Gasteiger partial charge in [-0.05, 0) is 27.9 Å². The van der Waals surface area contributed by atoms with Crippen molar-refractivity contribution in [3.8, 4) is 0 Å². The Kier molecular flexibility index (Phi) is 7.23. The first-order valence-electron chi connectivity index (χ1n) is 4.95. The molecule has 0 fully saturated rings. The van der Waals surface area contributed by atoms with Crippen LogP contribution in [0.25, 0.3) is 0 Å². The highest BCUT2D eigenvalue weighted by Crippen LogP contribution is 1.93. The van der Waals surface area contributed by atoms with E-state index in [2.05, 4.69) is 37.7 Å². The number of methoxy groups -OCH3 is 1. The summed E-state index contributed by atoms with van der Waals surface area (Å²) in [6, 6.07) is 0.635. The second-order valence-electron chi connectivity index (χ2n) is 3.87. The third kappa shape index (κ3) is 6.99. The largest absolute Gasteiger partial charge is 0.383 e. The summed E-state index contributed by atoms with van der Waals surface area (Å²) in [6.45, 7) is 8.50. The summed E-state index contributed by atoms with van der Waals surface area (Å²) >= 11 is 0. The van der Waals surface area contributed by atoms with Gasteiger partial charge in [-0.2, -0.15) is 0 Å². The van der Waals surface area contributed by atoms with Crippen LogP contribution in [0.5, 0.6) is 0 Å². The Bertz CT molecular complexity index is 117. The van der Waals surface area contributed by atoms with Crippen LogP contribution in [0.3, 0.4) is 0 Å². The number of hydrogen-bond acceptors (Lipinski definition) is 3. The van der Waals surface area contributed by atoms with Crippen molar-refractivity contribution in [1.29, 1.82) is 0 Å². The Morgan fingerprint density at radius 1 is 1.08 bits per heavy atom. The molecule has 3 heteroatoms. The molecule has 80 valence electrons. The van der Waals surface area contributed by atoms with Crippen molar-refractivity contribution in [2.75, 3.05) is 47.4 Å². The predicted molar refractivity (Wildman–Crippen MR) is 57.1 cm³/mol. The van der Waals surface area contributed by atoms with Crippen LogP contribution in [-0.4, -0.2) is 63.3 Å². The summed E-state index contributed by atoms with van der Waals surface area (Å²) in [5.41, 5.74) is 0. The van der Waals surface area contributed by atoms with E-state index >= 15 is 0 Å². The van der Waals surface area contributed by atoms with E-state index in [0.717, 1.165) is 26.2 Å². The second-order valence-corrected chi connectivity index (χ2v) is 3.87. The molecule has 0 unspecified atom stereocenters. The standard InChI is InChI=1S/C10H24N2O/c1-10(2)12(4)7-6-11(3)8-9-13-5/h10H,6-9H2,1-5H3. The minimum Gasteiger partial charge on any atom is -0.383 e. The average Bonchev–Trinajstić information content (AvgIpc) is 2.10. The zero-order chi connectivity index (χ0) is 10.3. The lowest BCUT2D eigenvalue weighted by atomic mass is 10.3. The third-order valence-corrected chi connectivity index (χ3v) is 2.39. The molecule has 13 heavy (non-hydrogen) atoms. The molecule has 0 spiro atoms. The van der Waals surface area contributed by atoms with E-state index in [1.807, 2.05) is 0 Å². The fourth-order valence-corrected chi connectivity index (χ4v) is 0.946. The monoisotopic (exact) mass is 188 g/mol. The van der Waals surface area contributed by atoms with E-state index in [1.165, 1.54) is 0 Å². The van der Waals surface area contributed by atoms with Crippen molar-refractivity contribution >= 4 is 0 Å². The SMILES string of the molecule is COCCN(C)CCN(C)C(C)C. The van der Waals surface area contributed by atoms with Gasteiger partial charge in [-0.3, -0.25) is 0 Å². The van der Waals surface area contributed by atoms with Crippen LogP contribution in [0.15, 0.2) is 0 Å². The minimum absolute atomic E-state index is 0.635. The van der Waals surface area contributed by atoms with Crippen molar-refractivity contribution in [1.82, 2.24) is 9.80 Å². The zero-order valence-electron chi connectivity index (χ0n) is 9.71. The molecule has 0 aliphatic rings. The van der Waals surface area contributed by atoms with E-state index in [0.29, 0.717) is 6.04 Å². The Labute approximate surface area is 82.7 Å². The van der Waals surface area contributed by atoms with Gasteiger partial charge < -0.3 is 14.5 Å². The van der Waals surface area contributed by atoms with Crippen LogP contribution in [0.1, 0.15) is 13.8 Å². The molecule has 0 aliphatic carbocycles. The number of rotatable bonds is 7. The Balaban J connectivity index is 3.40. The molecule has 0 saturated heterocycles. The molecule has 0 bridgehead atoms. The Morgan fingerprint density at radius 3 is 2.15 bits per heavy atom. The molecule has 0 aromatic carbocycles. The first-order valence-corrected chi connectivity index (χ1v) is 4.95. The highest BCUT2D eigenvalue weighted by molar-refractivity contribution is 4.59. The van der Waals surface area contributed by atoms with Crippen molar-refractivity contribution in [3.63, 3.8) is 0 Å². The third-order valence-electron chi connectivity index (χ3n) is 2.39. The first kappa shape index (κ1) is 12.9. The Hall–Kier alpha value is -0.120. The van der Waals surface area contributed by atoms with Crippen LogP contribution in [0.2, 0.25) is 0 Å². The molecule has 0 rings (SSSR count). The van der Waals surface area contributed by atoms with Gasteiger partial charge in [0.2, 0.25) is 0 Å². The molecule has 0 amide bonds. The van der Waals surface area contributed by atoms with Gasteiger partial charge in [-0.15, -0.1) is 0 Å². The highest BCUT2D eigenvalue weighted by Gasteiger charge is 2.04. The van der Waals surface area contributed by atoms with Gasteiger partial charge in [0.15, 0.2) is 0 Å². The van der Waals surface area contributed by atoms with Crippen LogP contribution in [0.4, 0.5) is 0 Å². The maximum absolute atomic E-state index is 5.01. The lowest BCUT2D eigenvalue weighted by Crippen LogP contribution is -2.35. The molecule has 0 N–H and O–H groups in total. The van der Waals surface area contributed by atoms with Gasteiger partial charge in [-0.25, -0.2) is 0 Å². The Morgan fingerprint density at radius 2 is 1.69 bits per heavy atom. The lowest BCUT2D eigenvalue weighted by Gasteiger charge is -2.24. The second kappa shape index (κ2) is 7.30. The van der Waals surface area contributed by atoms with E-state index in [1.54, 1.807) is 7.11 Å². The van der Waals surface area contributed by atoms with Crippen LogP contribution in [0, 0.1) is 0 Å². The van der Waals surface area contributed by atoms with Crippen LogP contribution in [-0.2, 0) is 4.74 Å². The van der Waals surface area contributed by atoms with Crippen molar-refractivity contribution < 1.29 is 4.74 Å². The van der Waals surface area contributed by atoms with Gasteiger partial charge in [0.25, 0.3) is 0 Å². The molecular weight excluding hydrogens is 164 g/mol. The predicted octanol–water partition coefficient (Wildman–Crippen LogP) is 0.905. The normalized spacial score (nSPS) is 12.0. The molecule has 0 aromatic rings. The summed E-state index contributed by atoms with van der Waals surface area (Å²) in [6.07, 6.45) is 0. The molecule has 3 nitrogen and oxygen atoms in total. The molecular formula is C10H24N2O. The summed E-state index contributed by atoms with van der Waals surface area (Å²) in [5, 5.41) is 0. The van der Waals surface area contributed by atoms with E-state index in [-0.39, 0.29) is 0 Å². The lowest BCUT2D eigenvalue weighted by molar-refractivity contribution is 0.150. The van der Waals surface area contributed by atoms with E-state index in [4.69, 9.17) is 4.74 Å². The molecule has 0 aromatic heterocycles. The van der Waals surface area contributed by atoms with Gasteiger partial charge in [0, 0.05) is 32.8 Å². The summed E-state index contributed by atoms with van der Waals surface area (Å²) in [4.78, 5) is 4.64. The van der Waals surface area contributed by atoms with Crippen LogP contribution < -0.4 is 0 Å². The molecule has 0 radical (unpaired) electrons. The molecule has 0 aliphatic heterocycles. The number of likely N-dealkylation sites (N-methyl/N-ethyl adjacent to an activating group) is 2. The molecule has 0 saturated carbocycles.